The van der Waals surface area contributed by atoms with E-state index in [9.17, 15) is 4.79 Å². The highest BCUT2D eigenvalue weighted by Gasteiger charge is 2.09. The van der Waals surface area contributed by atoms with E-state index in [0.717, 1.165) is 31.9 Å². The number of carbonyl (C=O) groups excluding carboxylic acids is 1. The van der Waals surface area contributed by atoms with Gasteiger partial charge in [0.15, 0.2) is 6.61 Å². The Morgan fingerprint density at radius 2 is 1.83 bits per heavy atom. The molecule has 0 heterocycles. The van der Waals surface area contributed by atoms with Crippen molar-refractivity contribution in [1.29, 1.82) is 0 Å². The van der Waals surface area contributed by atoms with E-state index in [1.165, 1.54) is 0 Å². The Morgan fingerprint density at radius 3 is 2.57 bits per heavy atom. The minimum Gasteiger partial charge on any atom is -0.483 e. The molecule has 0 spiro atoms. The van der Waals surface area contributed by atoms with Gasteiger partial charge in [0.05, 0.1) is 4.47 Å². The van der Waals surface area contributed by atoms with Crippen LogP contribution in [-0.2, 0) is 11.3 Å². The summed E-state index contributed by atoms with van der Waals surface area (Å²) in [6.07, 6.45) is 0. The molecule has 0 aliphatic carbocycles. The maximum atomic E-state index is 12.2. The van der Waals surface area contributed by atoms with Crippen LogP contribution in [0.15, 0.2) is 59.1 Å². The molecule has 0 bridgehead atoms. The van der Waals surface area contributed by atoms with Crippen molar-refractivity contribution in [3.8, 4) is 5.75 Å². The SMILES string of the molecule is Cc1ccc(NC(=O)COc2ccc(CNc3cccc(Cl)c3C)cc2Br)cc1Cl. The van der Waals surface area contributed by atoms with Gasteiger partial charge >= 0.3 is 0 Å². The van der Waals surface area contributed by atoms with Crippen molar-refractivity contribution in [3.05, 3.63) is 85.8 Å². The normalized spacial score (nSPS) is 10.6. The summed E-state index contributed by atoms with van der Waals surface area (Å²) in [6.45, 7) is 4.41. The van der Waals surface area contributed by atoms with Gasteiger partial charge in [-0.2, -0.15) is 0 Å². The fourth-order valence-electron chi connectivity index (χ4n) is 2.78. The number of aryl methyl sites for hydroxylation is 1. The first-order chi connectivity index (χ1) is 14.3. The van der Waals surface area contributed by atoms with Crippen molar-refractivity contribution in [2.75, 3.05) is 17.2 Å². The topological polar surface area (TPSA) is 50.4 Å². The lowest BCUT2D eigenvalue weighted by Crippen LogP contribution is -2.20. The predicted octanol–water partition coefficient (Wildman–Crippen LogP) is 7.00. The summed E-state index contributed by atoms with van der Waals surface area (Å²) in [7, 11) is 0. The quantitative estimate of drug-likeness (QED) is 0.362. The minimum absolute atomic E-state index is 0.108. The van der Waals surface area contributed by atoms with Gasteiger partial charge in [-0.05, 0) is 82.9 Å². The molecule has 156 valence electrons. The first-order valence-electron chi connectivity index (χ1n) is 9.29. The third-order valence-electron chi connectivity index (χ3n) is 4.56. The number of benzene rings is 3. The number of ether oxygens (including phenoxy) is 1. The van der Waals surface area contributed by atoms with Gasteiger partial charge in [0.25, 0.3) is 5.91 Å². The predicted molar refractivity (Wildman–Crippen MR) is 128 cm³/mol. The summed E-state index contributed by atoms with van der Waals surface area (Å²) in [6, 6.07) is 16.9. The van der Waals surface area contributed by atoms with Crippen LogP contribution in [0.2, 0.25) is 10.0 Å². The third kappa shape index (κ3) is 5.91. The summed E-state index contributed by atoms with van der Waals surface area (Å²) in [5.74, 6) is 0.332. The summed E-state index contributed by atoms with van der Waals surface area (Å²) in [5.41, 5.74) is 4.66. The van der Waals surface area contributed by atoms with E-state index in [4.69, 9.17) is 27.9 Å². The molecular formula is C23H21BrCl2N2O2. The number of anilines is 2. The fraction of sp³-hybridized carbons (Fsp3) is 0.174. The average Bonchev–Trinajstić information content (AvgIpc) is 2.71. The molecular weight excluding hydrogens is 487 g/mol. The Hall–Kier alpha value is -2.21. The maximum Gasteiger partial charge on any atom is 0.262 e. The Kier molecular flexibility index (Phi) is 7.64. The van der Waals surface area contributed by atoms with E-state index in [-0.39, 0.29) is 12.5 Å². The number of amides is 1. The largest absolute Gasteiger partial charge is 0.483 e. The molecule has 0 unspecified atom stereocenters. The standard InChI is InChI=1S/C23H21BrCl2N2O2/c1-14-6-8-17(11-20(14)26)28-23(29)13-30-22-9-7-16(10-18(22)24)12-27-21-5-3-4-19(25)15(21)2/h3-11,27H,12-13H2,1-2H3,(H,28,29). The second-order valence-corrected chi connectivity index (χ2v) is 8.50. The van der Waals surface area contributed by atoms with Crippen molar-refractivity contribution < 1.29 is 9.53 Å². The summed E-state index contributed by atoms with van der Waals surface area (Å²) in [4.78, 5) is 12.2. The van der Waals surface area contributed by atoms with E-state index in [0.29, 0.717) is 23.0 Å². The van der Waals surface area contributed by atoms with Crippen molar-refractivity contribution >= 4 is 56.4 Å². The highest BCUT2D eigenvalue weighted by atomic mass is 79.9. The van der Waals surface area contributed by atoms with Crippen LogP contribution in [0, 0.1) is 13.8 Å². The molecule has 0 fully saturated rings. The molecule has 0 aromatic heterocycles. The van der Waals surface area contributed by atoms with Crippen LogP contribution in [0.3, 0.4) is 0 Å². The van der Waals surface area contributed by atoms with Crippen molar-refractivity contribution in [3.63, 3.8) is 0 Å². The molecule has 0 atom stereocenters. The number of halogens is 3. The Morgan fingerprint density at radius 1 is 1.03 bits per heavy atom. The zero-order valence-corrected chi connectivity index (χ0v) is 19.7. The van der Waals surface area contributed by atoms with Crippen LogP contribution in [0.25, 0.3) is 0 Å². The molecule has 2 N–H and O–H groups in total. The second kappa shape index (κ2) is 10.2. The van der Waals surface area contributed by atoms with Gasteiger partial charge in [-0.1, -0.05) is 41.4 Å². The van der Waals surface area contributed by atoms with Gasteiger partial charge in [-0.25, -0.2) is 0 Å². The molecule has 0 aliphatic heterocycles. The lowest BCUT2D eigenvalue weighted by Gasteiger charge is -2.13. The molecule has 3 rings (SSSR count). The molecule has 0 aliphatic rings. The monoisotopic (exact) mass is 506 g/mol. The molecule has 4 nitrogen and oxygen atoms in total. The molecule has 0 saturated carbocycles. The van der Waals surface area contributed by atoms with E-state index >= 15 is 0 Å². The molecule has 0 radical (unpaired) electrons. The van der Waals surface area contributed by atoms with Crippen LogP contribution in [0.4, 0.5) is 11.4 Å². The molecule has 0 saturated heterocycles. The van der Waals surface area contributed by atoms with Gasteiger partial charge in [0, 0.05) is 28.0 Å². The highest BCUT2D eigenvalue weighted by Crippen LogP contribution is 2.28. The van der Waals surface area contributed by atoms with Gasteiger partial charge in [-0.15, -0.1) is 0 Å². The van der Waals surface area contributed by atoms with E-state index in [2.05, 4.69) is 26.6 Å². The van der Waals surface area contributed by atoms with E-state index in [1.807, 2.05) is 56.3 Å². The van der Waals surface area contributed by atoms with Crippen LogP contribution in [0.1, 0.15) is 16.7 Å². The fourth-order valence-corrected chi connectivity index (χ4v) is 3.67. The van der Waals surface area contributed by atoms with Gasteiger partial charge < -0.3 is 15.4 Å². The molecule has 1 amide bonds. The van der Waals surface area contributed by atoms with Gasteiger partial charge in [-0.3, -0.25) is 4.79 Å². The van der Waals surface area contributed by atoms with Crippen molar-refractivity contribution in [2.45, 2.75) is 20.4 Å². The highest BCUT2D eigenvalue weighted by molar-refractivity contribution is 9.10. The van der Waals surface area contributed by atoms with Gasteiger partial charge in [0.1, 0.15) is 5.75 Å². The van der Waals surface area contributed by atoms with Gasteiger partial charge in [0.2, 0.25) is 0 Å². The Labute approximate surface area is 194 Å². The first-order valence-corrected chi connectivity index (χ1v) is 10.8. The molecule has 7 heteroatoms. The zero-order chi connectivity index (χ0) is 21.7. The second-order valence-electron chi connectivity index (χ2n) is 6.83. The lowest BCUT2D eigenvalue weighted by atomic mass is 10.1. The number of nitrogens with one attached hydrogen (secondary N) is 2. The number of hydrogen-bond donors (Lipinski definition) is 2. The Bertz CT molecular complexity index is 1070. The number of rotatable bonds is 7. The smallest absolute Gasteiger partial charge is 0.262 e. The molecule has 3 aromatic carbocycles. The summed E-state index contributed by atoms with van der Waals surface area (Å²) >= 11 is 15.8. The molecule has 3 aromatic rings. The van der Waals surface area contributed by atoms with Crippen LogP contribution < -0.4 is 15.4 Å². The summed E-state index contributed by atoms with van der Waals surface area (Å²) in [5, 5.41) is 7.49. The van der Waals surface area contributed by atoms with Crippen LogP contribution in [-0.4, -0.2) is 12.5 Å². The van der Waals surface area contributed by atoms with Crippen LogP contribution >= 0.6 is 39.1 Å². The number of hydrogen-bond acceptors (Lipinski definition) is 3. The summed E-state index contributed by atoms with van der Waals surface area (Å²) < 4.78 is 6.42. The zero-order valence-electron chi connectivity index (χ0n) is 16.6. The maximum absolute atomic E-state index is 12.2. The Balaban J connectivity index is 1.55. The molecule has 30 heavy (non-hydrogen) atoms. The lowest BCUT2D eigenvalue weighted by molar-refractivity contribution is -0.118. The van der Waals surface area contributed by atoms with Crippen LogP contribution in [0.5, 0.6) is 5.75 Å². The number of carbonyl (C=O) groups is 1. The first kappa shape index (κ1) is 22.5. The average molecular weight is 508 g/mol. The van der Waals surface area contributed by atoms with Crippen molar-refractivity contribution in [1.82, 2.24) is 0 Å². The minimum atomic E-state index is -0.260. The van der Waals surface area contributed by atoms with E-state index < -0.39 is 0 Å². The van der Waals surface area contributed by atoms with Crippen molar-refractivity contribution in [2.24, 2.45) is 0 Å². The third-order valence-corrected chi connectivity index (χ3v) is 6.00. The van der Waals surface area contributed by atoms with E-state index in [1.54, 1.807) is 12.1 Å².